The van der Waals surface area contributed by atoms with Crippen LogP contribution in [0, 0.1) is 0 Å². The van der Waals surface area contributed by atoms with Crippen LogP contribution in [0.1, 0.15) is 0 Å². The molecule has 1 unspecified atom stereocenters. The molecule has 2 aliphatic rings. The Kier molecular flexibility index (Phi) is 2.18. The molecule has 2 aliphatic heterocycles. The fraction of sp³-hybridized carbons (Fsp3) is 0.200. The highest BCUT2D eigenvalue weighted by Crippen LogP contribution is 2.22. The maximum atomic E-state index is 5.80. The van der Waals surface area contributed by atoms with Crippen molar-refractivity contribution in [2.45, 2.75) is 6.10 Å². The Morgan fingerprint density at radius 1 is 1.36 bits per heavy atom. The second kappa shape index (κ2) is 3.49. The third-order valence-electron chi connectivity index (χ3n) is 2.11. The van der Waals surface area contributed by atoms with Gasteiger partial charge in [0.25, 0.3) is 0 Å². The molecule has 14 heavy (non-hydrogen) atoms. The molecule has 4 nitrogen and oxygen atoms in total. The van der Waals surface area contributed by atoms with Crippen LogP contribution >= 0.6 is 0 Å². The van der Waals surface area contributed by atoms with E-state index in [9.17, 15) is 0 Å². The van der Waals surface area contributed by atoms with E-state index in [0.717, 1.165) is 5.57 Å². The van der Waals surface area contributed by atoms with E-state index in [-0.39, 0.29) is 6.10 Å². The Hall–Kier alpha value is -1.84. The molecular formula is C10H12N2O2. The van der Waals surface area contributed by atoms with Crippen molar-refractivity contribution in [1.29, 1.82) is 0 Å². The summed E-state index contributed by atoms with van der Waals surface area (Å²) in [5.74, 6) is 0. The van der Waals surface area contributed by atoms with Crippen LogP contribution in [-0.2, 0) is 9.47 Å². The summed E-state index contributed by atoms with van der Waals surface area (Å²) in [5, 5.41) is 0. The number of nitrogens with two attached hydrogens (primary N) is 2. The Labute approximate surface area is 82.2 Å². The average Bonchev–Trinajstić information content (AvgIpc) is 2.20. The average molecular weight is 192 g/mol. The van der Waals surface area contributed by atoms with Gasteiger partial charge in [-0.3, -0.25) is 0 Å². The Morgan fingerprint density at radius 3 is 2.93 bits per heavy atom. The van der Waals surface area contributed by atoms with Crippen LogP contribution in [0.25, 0.3) is 0 Å². The van der Waals surface area contributed by atoms with Crippen LogP contribution in [0.5, 0.6) is 0 Å². The summed E-state index contributed by atoms with van der Waals surface area (Å²) in [7, 11) is 0. The first-order valence-corrected chi connectivity index (χ1v) is 4.34. The van der Waals surface area contributed by atoms with Crippen LogP contribution in [0.15, 0.2) is 47.7 Å². The van der Waals surface area contributed by atoms with Crippen LogP contribution in [0.2, 0.25) is 0 Å². The molecule has 0 aromatic carbocycles. The molecule has 0 aliphatic carbocycles. The molecule has 0 radical (unpaired) electrons. The van der Waals surface area contributed by atoms with Gasteiger partial charge >= 0.3 is 0 Å². The van der Waals surface area contributed by atoms with Gasteiger partial charge < -0.3 is 20.9 Å². The minimum Gasteiger partial charge on any atom is -0.497 e. The van der Waals surface area contributed by atoms with Gasteiger partial charge in [0, 0.05) is 5.70 Å². The largest absolute Gasteiger partial charge is 0.497 e. The van der Waals surface area contributed by atoms with Gasteiger partial charge in [0.05, 0.1) is 23.8 Å². The lowest BCUT2D eigenvalue weighted by Crippen LogP contribution is -2.28. The first-order chi connectivity index (χ1) is 6.79. The quantitative estimate of drug-likeness (QED) is 0.634. The number of ether oxygens (including phenoxy) is 2. The third kappa shape index (κ3) is 1.46. The molecule has 0 saturated heterocycles. The molecule has 0 aromatic heterocycles. The minimum atomic E-state index is -0.323. The fourth-order valence-corrected chi connectivity index (χ4v) is 1.37. The Bertz CT molecular complexity index is 353. The van der Waals surface area contributed by atoms with Crippen molar-refractivity contribution in [3.05, 3.63) is 47.7 Å². The van der Waals surface area contributed by atoms with E-state index >= 15 is 0 Å². The number of rotatable bonds is 1. The maximum absolute atomic E-state index is 5.80. The monoisotopic (exact) mass is 192 g/mol. The Balaban J connectivity index is 2.23. The normalized spacial score (nSPS) is 25.4. The predicted molar refractivity (Wildman–Crippen MR) is 52.6 cm³/mol. The molecule has 0 saturated carbocycles. The topological polar surface area (TPSA) is 70.5 Å². The second-order valence-electron chi connectivity index (χ2n) is 3.08. The van der Waals surface area contributed by atoms with Gasteiger partial charge in [-0.2, -0.15) is 0 Å². The molecule has 2 heterocycles. The SMILES string of the molecule is NC1=CCOC=C1C1OC=CC=C1N. The molecule has 4 heteroatoms. The van der Waals surface area contributed by atoms with E-state index in [1.54, 1.807) is 30.8 Å². The number of allylic oxidation sites excluding steroid dienone is 2. The first kappa shape index (κ1) is 8.74. The summed E-state index contributed by atoms with van der Waals surface area (Å²) < 4.78 is 10.5. The second-order valence-corrected chi connectivity index (χ2v) is 3.08. The minimum absolute atomic E-state index is 0.323. The lowest BCUT2D eigenvalue weighted by atomic mass is 10.0. The summed E-state index contributed by atoms with van der Waals surface area (Å²) in [4.78, 5) is 0. The van der Waals surface area contributed by atoms with E-state index in [2.05, 4.69) is 0 Å². The van der Waals surface area contributed by atoms with E-state index in [1.807, 2.05) is 0 Å². The summed E-state index contributed by atoms with van der Waals surface area (Å²) in [5.41, 5.74) is 13.6. The van der Waals surface area contributed by atoms with Gasteiger partial charge in [-0.15, -0.1) is 0 Å². The van der Waals surface area contributed by atoms with Crippen molar-refractivity contribution in [3.8, 4) is 0 Å². The summed E-state index contributed by atoms with van der Waals surface area (Å²) in [6.07, 6.45) is 8.19. The van der Waals surface area contributed by atoms with E-state index in [4.69, 9.17) is 20.9 Å². The predicted octanol–water partition coefficient (Wildman–Crippen LogP) is 0.498. The molecular weight excluding hydrogens is 180 g/mol. The van der Waals surface area contributed by atoms with Crippen molar-refractivity contribution in [2.75, 3.05) is 6.61 Å². The van der Waals surface area contributed by atoms with Gasteiger partial charge in [0.2, 0.25) is 0 Å². The van der Waals surface area contributed by atoms with Crippen LogP contribution < -0.4 is 11.5 Å². The van der Waals surface area contributed by atoms with Crippen molar-refractivity contribution in [1.82, 2.24) is 0 Å². The Morgan fingerprint density at radius 2 is 2.21 bits per heavy atom. The molecule has 0 amide bonds. The number of hydrogen-bond acceptors (Lipinski definition) is 4. The standard InChI is InChI=1S/C10H12N2O2/c11-8-3-5-13-6-7(8)10-9(12)2-1-4-14-10/h1-4,6,10H,5,11-12H2. The summed E-state index contributed by atoms with van der Waals surface area (Å²) >= 11 is 0. The van der Waals surface area contributed by atoms with E-state index < -0.39 is 0 Å². The van der Waals surface area contributed by atoms with Gasteiger partial charge in [-0.25, -0.2) is 0 Å². The van der Waals surface area contributed by atoms with Crippen molar-refractivity contribution >= 4 is 0 Å². The lowest BCUT2D eigenvalue weighted by Gasteiger charge is -2.24. The zero-order valence-electron chi connectivity index (χ0n) is 7.64. The van der Waals surface area contributed by atoms with Gasteiger partial charge in [0.15, 0.2) is 6.10 Å². The van der Waals surface area contributed by atoms with Gasteiger partial charge in [-0.05, 0) is 18.2 Å². The molecule has 0 spiro atoms. The highest BCUT2D eigenvalue weighted by molar-refractivity contribution is 5.39. The van der Waals surface area contributed by atoms with Crippen LogP contribution in [-0.4, -0.2) is 12.7 Å². The molecule has 4 N–H and O–H groups in total. The molecule has 0 fully saturated rings. The van der Waals surface area contributed by atoms with Crippen molar-refractivity contribution in [2.24, 2.45) is 11.5 Å². The zero-order valence-corrected chi connectivity index (χ0v) is 7.64. The highest BCUT2D eigenvalue weighted by Gasteiger charge is 2.23. The first-order valence-electron chi connectivity index (χ1n) is 4.34. The third-order valence-corrected chi connectivity index (χ3v) is 2.11. The van der Waals surface area contributed by atoms with Gasteiger partial charge in [-0.1, -0.05) is 0 Å². The summed E-state index contributed by atoms with van der Waals surface area (Å²) in [6.45, 7) is 0.501. The summed E-state index contributed by atoms with van der Waals surface area (Å²) in [6, 6.07) is 0. The number of hydrogen-bond donors (Lipinski definition) is 2. The van der Waals surface area contributed by atoms with Crippen molar-refractivity contribution in [3.63, 3.8) is 0 Å². The zero-order chi connectivity index (χ0) is 9.97. The molecule has 74 valence electrons. The highest BCUT2D eigenvalue weighted by atomic mass is 16.5. The molecule has 0 bridgehead atoms. The van der Waals surface area contributed by atoms with Crippen molar-refractivity contribution < 1.29 is 9.47 Å². The van der Waals surface area contributed by atoms with Gasteiger partial charge in [0.1, 0.15) is 6.61 Å². The molecule has 1 atom stereocenters. The maximum Gasteiger partial charge on any atom is 0.167 e. The molecule has 0 aromatic rings. The molecule has 2 rings (SSSR count). The van der Waals surface area contributed by atoms with Crippen LogP contribution in [0.4, 0.5) is 0 Å². The van der Waals surface area contributed by atoms with E-state index in [1.165, 1.54) is 0 Å². The van der Waals surface area contributed by atoms with E-state index in [0.29, 0.717) is 18.0 Å². The van der Waals surface area contributed by atoms with Crippen LogP contribution in [0.3, 0.4) is 0 Å². The fourth-order valence-electron chi connectivity index (χ4n) is 1.37. The lowest BCUT2D eigenvalue weighted by molar-refractivity contribution is 0.190. The smallest absolute Gasteiger partial charge is 0.167 e.